The lowest BCUT2D eigenvalue weighted by molar-refractivity contribution is -0.134. The third kappa shape index (κ3) is 5.41. The summed E-state index contributed by atoms with van der Waals surface area (Å²) in [5.41, 5.74) is 1.06. The van der Waals surface area contributed by atoms with Crippen LogP contribution in [0, 0.1) is 18.7 Å². The molecule has 1 aliphatic heterocycles. The molecule has 1 aliphatic rings. The highest BCUT2D eigenvalue weighted by Gasteiger charge is 2.24. The second-order valence-corrected chi connectivity index (χ2v) is 7.43. The van der Waals surface area contributed by atoms with E-state index in [4.69, 9.17) is 4.74 Å². The van der Waals surface area contributed by atoms with E-state index in [0.717, 1.165) is 49.7 Å². The maximum Gasteiger partial charge on any atom is 0.260 e. The van der Waals surface area contributed by atoms with E-state index in [-0.39, 0.29) is 18.3 Å². The van der Waals surface area contributed by atoms with Crippen LogP contribution in [0.25, 0.3) is 0 Å². The molecule has 1 saturated heterocycles. The number of likely N-dealkylation sites (tertiary alicyclic amines) is 1. The number of aryl methyl sites for hydroxylation is 1. The average Bonchev–Trinajstić information content (AvgIpc) is 2.67. The van der Waals surface area contributed by atoms with Gasteiger partial charge < -0.3 is 14.5 Å². The Hall–Kier alpha value is -2.70. The molecule has 1 aromatic heterocycles. The Bertz CT molecular complexity index is 803. The molecule has 28 heavy (non-hydrogen) atoms. The summed E-state index contributed by atoms with van der Waals surface area (Å²) in [4.78, 5) is 25.2. The first-order valence-electron chi connectivity index (χ1n) is 9.58. The monoisotopic (exact) mass is 386 g/mol. The number of hydrogen-bond acceptors (Lipinski definition) is 5. The van der Waals surface area contributed by atoms with Crippen molar-refractivity contribution in [2.75, 3.05) is 38.7 Å². The summed E-state index contributed by atoms with van der Waals surface area (Å²) in [6.45, 7) is 3.34. The fourth-order valence-corrected chi connectivity index (χ4v) is 3.40. The SMILES string of the molecule is Cc1nc(CC2CCN(C(=O)COc3ccc(F)cc3)CC2)cc(N(C)C)n1. The predicted molar refractivity (Wildman–Crippen MR) is 106 cm³/mol. The molecule has 3 rings (SSSR count). The van der Waals surface area contributed by atoms with Gasteiger partial charge >= 0.3 is 0 Å². The standard InChI is InChI=1S/C21H27FN4O2/c1-15-23-18(13-20(24-15)25(2)3)12-16-8-10-26(11-9-16)21(27)14-28-19-6-4-17(22)5-7-19/h4-7,13,16H,8-12,14H2,1-3H3. The van der Waals surface area contributed by atoms with Crippen molar-refractivity contribution in [1.82, 2.24) is 14.9 Å². The maximum atomic E-state index is 12.9. The molecule has 1 aromatic carbocycles. The quantitative estimate of drug-likeness (QED) is 0.764. The molecule has 1 fully saturated rings. The number of nitrogens with zero attached hydrogens (tertiary/aromatic N) is 4. The highest BCUT2D eigenvalue weighted by Crippen LogP contribution is 2.22. The van der Waals surface area contributed by atoms with Crippen molar-refractivity contribution in [1.29, 1.82) is 0 Å². The fourth-order valence-electron chi connectivity index (χ4n) is 3.40. The summed E-state index contributed by atoms with van der Waals surface area (Å²) in [5.74, 6) is 2.36. The maximum absolute atomic E-state index is 12.9. The van der Waals surface area contributed by atoms with Gasteiger partial charge in [0.25, 0.3) is 5.91 Å². The lowest BCUT2D eigenvalue weighted by atomic mass is 9.92. The van der Waals surface area contributed by atoms with Gasteiger partial charge in [0.05, 0.1) is 0 Å². The number of halogens is 1. The third-order valence-electron chi connectivity index (χ3n) is 4.98. The molecule has 6 nitrogen and oxygen atoms in total. The summed E-state index contributed by atoms with van der Waals surface area (Å²) < 4.78 is 18.4. The van der Waals surface area contributed by atoms with Gasteiger partial charge in [-0.2, -0.15) is 0 Å². The Morgan fingerprint density at radius 1 is 1.21 bits per heavy atom. The van der Waals surface area contributed by atoms with E-state index in [2.05, 4.69) is 9.97 Å². The number of aromatic nitrogens is 2. The number of amides is 1. The lowest BCUT2D eigenvalue weighted by Crippen LogP contribution is -2.41. The zero-order valence-electron chi connectivity index (χ0n) is 16.7. The van der Waals surface area contributed by atoms with E-state index in [9.17, 15) is 9.18 Å². The molecule has 0 saturated carbocycles. The van der Waals surface area contributed by atoms with Crippen LogP contribution in [-0.4, -0.2) is 54.6 Å². The molecule has 2 aromatic rings. The van der Waals surface area contributed by atoms with Crippen molar-refractivity contribution < 1.29 is 13.9 Å². The Kier molecular flexibility index (Phi) is 6.44. The topological polar surface area (TPSA) is 58.6 Å². The number of rotatable bonds is 6. The molecule has 0 aliphatic carbocycles. The van der Waals surface area contributed by atoms with E-state index >= 15 is 0 Å². The van der Waals surface area contributed by atoms with Gasteiger partial charge in [0, 0.05) is 38.9 Å². The number of piperidine rings is 1. The van der Waals surface area contributed by atoms with Gasteiger partial charge in [-0.25, -0.2) is 14.4 Å². The number of carbonyl (C=O) groups is 1. The van der Waals surface area contributed by atoms with E-state index < -0.39 is 0 Å². The molecule has 7 heteroatoms. The Morgan fingerprint density at radius 3 is 2.54 bits per heavy atom. The Morgan fingerprint density at radius 2 is 1.89 bits per heavy atom. The second kappa shape index (κ2) is 8.99. The first-order valence-corrected chi connectivity index (χ1v) is 9.58. The van der Waals surface area contributed by atoms with Gasteiger partial charge in [0.2, 0.25) is 0 Å². The normalized spacial score (nSPS) is 14.8. The first kappa shape index (κ1) is 20.0. The Labute approximate surface area is 165 Å². The van der Waals surface area contributed by atoms with Crippen LogP contribution in [0.3, 0.4) is 0 Å². The van der Waals surface area contributed by atoms with Crippen LogP contribution in [0.4, 0.5) is 10.2 Å². The number of anilines is 1. The van der Waals surface area contributed by atoms with Gasteiger partial charge in [-0.15, -0.1) is 0 Å². The fraction of sp³-hybridized carbons (Fsp3) is 0.476. The van der Waals surface area contributed by atoms with E-state index in [0.29, 0.717) is 11.7 Å². The van der Waals surface area contributed by atoms with Gasteiger partial charge in [-0.05, 0) is 56.4 Å². The van der Waals surface area contributed by atoms with Gasteiger partial charge in [-0.1, -0.05) is 0 Å². The Balaban J connectivity index is 1.47. The first-order chi connectivity index (χ1) is 13.4. The molecule has 0 spiro atoms. The van der Waals surface area contributed by atoms with Crippen LogP contribution in [-0.2, 0) is 11.2 Å². The predicted octanol–water partition coefficient (Wildman–Crippen LogP) is 2.85. The molecule has 2 heterocycles. The summed E-state index contributed by atoms with van der Waals surface area (Å²) in [7, 11) is 3.95. The smallest absolute Gasteiger partial charge is 0.260 e. The van der Waals surface area contributed by atoms with E-state index in [1.54, 1.807) is 0 Å². The molecule has 0 bridgehead atoms. The lowest BCUT2D eigenvalue weighted by Gasteiger charge is -2.32. The van der Waals surface area contributed by atoms with Crippen molar-refractivity contribution in [3.8, 4) is 5.75 Å². The molecule has 1 amide bonds. The largest absolute Gasteiger partial charge is 0.484 e. The van der Waals surface area contributed by atoms with Crippen molar-refractivity contribution >= 4 is 11.7 Å². The number of carbonyl (C=O) groups excluding carboxylic acids is 1. The van der Waals surface area contributed by atoms with Crippen LogP contribution >= 0.6 is 0 Å². The van der Waals surface area contributed by atoms with E-state index in [1.165, 1.54) is 24.3 Å². The number of ether oxygens (including phenoxy) is 1. The van der Waals surface area contributed by atoms with Crippen molar-refractivity contribution in [2.24, 2.45) is 5.92 Å². The van der Waals surface area contributed by atoms with Crippen molar-refractivity contribution in [3.05, 3.63) is 47.7 Å². The molecular formula is C21H27FN4O2. The molecule has 0 N–H and O–H groups in total. The molecule has 0 atom stereocenters. The summed E-state index contributed by atoms with van der Waals surface area (Å²) in [6, 6.07) is 7.74. The minimum atomic E-state index is -0.322. The molecule has 0 radical (unpaired) electrons. The summed E-state index contributed by atoms with van der Waals surface area (Å²) in [6.07, 6.45) is 2.80. The third-order valence-corrected chi connectivity index (χ3v) is 4.98. The highest BCUT2D eigenvalue weighted by molar-refractivity contribution is 5.77. The van der Waals surface area contributed by atoms with Crippen molar-refractivity contribution in [3.63, 3.8) is 0 Å². The molecular weight excluding hydrogens is 359 g/mol. The van der Waals surface area contributed by atoms with Gasteiger partial charge in [0.1, 0.15) is 23.2 Å². The number of hydrogen-bond donors (Lipinski definition) is 0. The summed E-state index contributed by atoms with van der Waals surface area (Å²) in [5, 5.41) is 0. The number of benzene rings is 1. The van der Waals surface area contributed by atoms with Gasteiger partial charge in [0.15, 0.2) is 6.61 Å². The zero-order chi connectivity index (χ0) is 20.1. The summed E-state index contributed by atoms with van der Waals surface area (Å²) >= 11 is 0. The highest BCUT2D eigenvalue weighted by atomic mass is 19.1. The minimum Gasteiger partial charge on any atom is -0.484 e. The van der Waals surface area contributed by atoms with Crippen LogP contribution in [0.5, 0.6) is 5.75 Å². The molecule has 0 unspecified atom stereocenters. The van der Waals surface area contributed by atoms with Crippen LogP contribution in [0.2, 0.25) is 0 Å². The molecule has 150 valence electrons. The zero-order valence-corrected chi connectivity index (χ0v) is 16.7. The van der Waals surface area contributed by atoms with Gasteiger partial charge in [-0.3, -0.25) is 4.79 Å². The average molecular weight is 386 g/mol. The van der Waals surface area contributed by atoms with Crippen LogP contribution < -0.4 is 9.64 Å². The van der Waals surface area contributed by atoms with Crippen LogP contribution in [0.15, 0.2) is 30.3 Å². The minimum absolute atomic E-state index is 0.0202. The van der Waals surface area contributed by atoms with Crippen LogP contribution in [0.1, 0.15) is 24.4 Å². The van der Waals surface area contributed by atoms with E-state index in [1.807, 2.05) is 36.9 Å². The van der Waals surface area contributed by atoms with Crippen molar-refractivity contribution in [2.45, 2.75) is 26.2 Å². The second-order valence-electron chi connectivity index (χ2n) is 7.43.